The van der Waals surface area contributed by atoms with Crippen molar-refractivity contribution in [2.24, 2.45) is 0 Å². The molecule has 5 atom stereocenters. The summed E-state index contributed by atoms with van der Waals surface area (Å²) >= 11 is 0. The molecule has 1 aliphatic rings. The van der Waals surface area contributed by atoms with E-state index < -0.39 is 37.3 Å². The zero-order chi connectivity index (χ0) is 19.4. The summed E-state index contributed by atoms with van der Waals surface area (Å²) in [5.74, 6) is 0.515. The average molecular weight is 374 g/mol. The summed E-state index contributed by atoms with van der Waals surface area (Å²) < 4.78 is 11.2. The minimum atomic E-state index is -1.46. The number of benzene rings is 2. The predicted octanol–water partition coefficient (Wildman–Crippen LogP) is 1.02. The fourth-order valence-corrected chi connectivity index (χ4v) is 3.17. The summed E-state index contributed by atoms with van der Waals surface area (Å²) in [7, 11) is 0. The van der Waals surface area contributed by atoms with E-state index in [4.69, 9.17) is 9.47 Å². The Morgan fingerprint density at radius 3 is 2.22 bits per heavy atom. The lowest BCUT2D eigenvalue weighted by Gasteiger charge is -2.39. The molecule has 1 saturated heterocycles. The fraction of sp³-hybridized carbons (Fsp3) is 0.429. The SMILES string of the molecule is CCc1ccc(Cc2ccccc2OC2O[C@H](CO)[C@@H](O)[C@H](O)[C@H]2O)cc1. The van der Waals surface area contributed by atoms with E-state index in [1.165, 1.54) is 5.56 Å². The van der Waals surface area contributed by atoms with Gasteiger partial charge in [-0.15, -0.1) is 0 Å². The zero-order valence-electron chi connectivity index (χ0n) is 15.2. The van der Waals surface area contributed by atoms with Crippen LogP contribution in [0.3, 0.4) is 0 Å². The Morgan fingerprint density at radius 2 is 1.56 bits per heavy atom. The van der Waals surface area contributed by atoms with Crippen LogP contribution in [0.25, 0.3) is 0 Å². The second kappa shape index (κ2) is 8.82. The Labute approximate surface area is 158 Å². The van der Waals surface area contributed by atoms with Gasteiger partial charge in [0.15, 0.2) is 0 Å². The molecule has 0 bridgehead atoms. The third kappa shape index (κ3) is 4.48. The topological polar surface area (TPSA) is 99.4 Å². The lowest BCUT2D eigenvalue weighted by molar-refractivity contribution is -0.277. The maximum Gasteiger partial charge on any atom is 0.229 e. The second-order valence-electron chi connectivity index (χ2n) is 6.77. The first-order valence-electron chi connectivity index (χ1n) is 9.16. The average Bonchev–Trinajstić information content (AvgIpc) is 2.70. The van der Waals surface area contributed by atoms with Crippen LogP contribution in [0.4, 0.5) is 0 Å². The lowest BCUT2D eigenvalue weighted by Crippen LogP contribution is -2.60. The minimum Gasteiger partial charge on any atom is -0.462 e. The van der Waals surface area contributed by atoms with E-state index in [9.17, 15) is 20.4 Å². The van der Waals surface area contributed by atoms with E-state index >= 15 is 0 Å². The van der Waals surface area contributed by atoms with Crippen molar-refractivity contribution in [3.8, 4) is 5.75 Å². The molecular formula is C21H26O6. The highest BCUT2D eigenvalue weighted by Gasteiger charge is 2.44. The number of hydrogen-bond donors (Lipinski definition) is 4. The molecule has 0 radical (unpaired) electrons. The van der Waals surface area contributed by atoms with Gasteiger partial charge < -0.3 is 29.9 Å². The molecule has 1 unspecified atom stereocenters. The molecule has 1 heterocycles. The molecule has 2 aromatic rings. The van der Waals surface area contributed by atoms with Crippen molar-refractivity contribution >= 4 is 0 Å². The molecule has 0 saturated carbocycles. The van der Waals surface area contributed by atoms with Crippen molar-refractivity contribution in [2.45, 2.75) is 50.5 Å². The molecule has 6 nitrogen and oxygen atoms in total. The Morgan fingerprint density at radius 1 is 0.889 bits per heavy atom. The van der Waals surface area contributed by atoms with E-state index in [-0.39, 0.29) is 0 Å². The van der Waals surface area contributed by atoms with Crippen LogP contribution >= 0.6 is 0 Å². The molecule has 27 heavy (non-hydrogen) atoms. The van der Waals surface area contributed by atoms with Crippen LogP contribution in [0.1, 0.15) is 23.6 Å². The van der Waals surface area contributed by atoms with Gasteiger partial charge in [-0.1, -0.05) is 49.4 Å². The van der Waals surface area contributed by atoms with Crippen LogP contribution in [0.5, 0.6) is 5.75 Å². The highest BCUT2D eigenvalue weighted by Crippen LogP contribution is 2.28. The van der Waals surface area contributed by atoms with Gasteiger partial charge in [-0.3, -0.25) is 0 Å². The van der Waals surface area contributed by atoms with Crippen molar-refractivity contribution in [3.05, 3.63) is 65.2 Å². The molecular weight excluding hydrogens is 348 g/mol. The smallest absolute Gasteiger partial charge is 0.229 e. The first-order valence-corrected chi connectivity index (χ1v) is 9.16. The molecule has 1 fully saturated rings. The molecule has 4 N–H and O–H groups in total. The summed E-state index contributed by atoms with van der Waals surface area (Å²) in [5.41, 5.74) is 3.29. The first kappa shape index (κ1) is 19.8. The van der Waals surface area contributed by atoms with Gasteiger partial charge in [0.1, 0.15) is 30.2 Å². The van der Waals surface area contributed by atoms with Crippen molar-refractivity contribution in [1.82, 2.24) is 0 Å². The van der Waals surface area contributed by atoms with Crippen LogP contribution in [-0.4, -0.2) is 57.7 Å². The maximum absolute atomic E-state index is 10.2. The van der Waals surface area contributed by atoms with E-state index in [1.54, 1.807) is 6.07 Å². The Balaban J connectivity index is 1.77. The Hall–Kier alpha value is -1.96. The number of aliphatic hydroxyl groups is 4. The van der Waals surface area contributed by atoms with Crippen molar-refractivity contribution in [3.63, 3.8) is 0 Å². The third-order valence-corrected chi connectivity index (χ3v) is 4.89. The molecule has 2 aromatic carbocycles. The van der Waals surface area contributed by atoms with Crippen molar-refractivity contribution in [1.29, 1.82) is 0 Å². The van der Waals surface area contributed by atoms with Crippen LogP contribution in [0, 0.1) is 0 Å². The van der Waals surface area contributed by atoms with E-state index in [0.29, 0.717) is 12.2 Å². The predicted molar refractivity (Wildman–Crippen MR) is 99.5 cm³/mol. The third-order valence-electron chi connectivity index (χ3n) is 4.89. The molecule has 0 amide bonds. The number of aliphatic hydroxyl groups excluding tert-OH is 4. The van der Waals surface area contributed by atoms with Crippen LogP contribution in [-0.2, 0) is 17.6 Å². The summed E-state index contributed by atoms with van der Waals surface area (Å²) in [6.07, 6.45) is -4.87. The highest BCUT2D eigenvalue weighted by molar-refractivity contribution is 5.38. The van der Waals surface area contributed by atoms with Gasteiger partial charge in [0, 0.05) is 6.42 Å². The molecule has 0 aliphatic carbocycles. The van der Waals surface area contributed by atoms with Gasteiger partial charge in [0.05, 0.1) is 6.61 Å². The number of hydrogen-bond acceptors (Lipinski definition) is 6. The molecule has 1 aliphatic heterocycles. The van der Waals surface area contributed by atoms with Crippen LogP contribution in [0.2, 0.25) is 0 Å². The lowest BCUT2D eigenvalue weighted by atomic mass is 9.99. The number of rotatable bonds is 6. The largest absolute Gasteiger partial charge is 0.462 e. The van der Waals surface area contributed by atoms with Crippen LogP contribution in [0.15, 0.2) is 48.5 Å². The van der Waals surface area contributed by atoms with Gasteiger partial charge in [0.2, 0.25) is 6.29 Å². The van der Waals surface area contributed by atoms with Gasteiger partial charge >= 0.3 is 0 Å². The van der Waals surface area contributed by atoms with Gasteiger partial charge in [-0.25, -0.2) is 0 Å². The first-order chi connectivity index (χ1) is 13.0. The summed E-state index contributed by atoms with van der Waals surface area (Å²) in [5, 5.41) is 39.3. The number of aryl methyl sites for hydroxylation is 1. The summed E-state index contributed by atoms with van der Waals surface area (Å²) in [4.78, 5) is 0. The van der Waals surface area contributed by atoms with Crippen molar-refractivity contribution < 1.29 is 29.9 Å². The van der Waals surface area contributed by atoms with Gasteiger partial charge in [-0.05, 0) is 29.2 Å². The van der Waals surface area contributed by atoms with E-state index in [2.05, 4.69) is 31.2 Å². The van der Waals surface area contributed by atoms with Gasteiger partial charge in [0.25, 0.3) is 0 Å². The number of para-hydroxylation sites is 1. The second-order valence-corrected chi connectivity index (χ2v) is 6.77. The molecule has 6 heteroatoms. The Bertz CT molecular complexity index is 730. The highest BCUT2D eigenvalue weighted by atomic mass is 16.7. The molecule has 0 spiro atoms. The standard InChI is InChI=1S/C21H26O6/c1-2-13-7-9-14(10-8-13)11-15-5-3-4-6-16(15)26-21-20(25)19(24)18(23)17(12-22)27-21/h3-10,17-25H,2,11-12H2,1H3/t17-,18-,19+,20-,21?/m1/s1. The molecule has 146 valence electrons. The summed E-state index contributed by atoms with van der Waals surface area (Å²) in [6.45, 7) is 1.62. The zero-order valence-corrected chi connectivity index (χ0v) is 15.2. The normalized spacial score (nSPS) is 28.1. The van der Waals surface area contributed by atoms with E-state index in [1.807, 2.05) is 18.2 Å². The summed E-state index contributed by atoms with van der Waals surface area (Å²) in [6, 6.07) is 15.7. The minimum absolute atomic E-state index is 0.490. The molecule has 0 aromatic heterocycles. The fourth-order valence-electron chi connectivity index (χ4n) is 3.17. The van der Waals surface area contributed by atoms with Gasteiger partial charge in [-0.2, -0.15) is 0 Å². The van der Waals surface area contributed by atoms with Crippen molar-refractivity contribution in [2.75, 3.05) is 6.61 Å². The van der Waals surface area contributed by atoms with E-state index in [0.717, 1.165) is 17.5 Å². The van der Waals surface area contributed by atoms with Crippen LogP contribution < -0.4 is 4.74 Å². The Kier molecular flexibility index (Phi) is 6.46. The maximum atomic E-state index is 10.2. The monoisotopic (exact) mass is 374 g/mol. The number of ether oxygens (including phenoxy) is 2. The molecule has 3 rings (SSSR count). The quantitative estimate of drug-likeness (QED) is 0.603.